The van der Waals surface area contributed by atoms with Crippen molar-refractivity contribution in [3.05, 3.63) is 65.2 Å². The maximum absolute atomic E-state index is 13.1. The second kappa shape index (κ2) is 8.24. The lowest BCUT2D eigenvalue weighted by molar-refractivity contribution is 0.314. The molecule has 4 rings (SSSR count). The summed E-state index contributed by atoms with van der Waals surface area (Å²) in [6.07, 6.45) is 2.21. The molecule has 0 bridgehead atoms. The topological polar surface area (TPSA) is 74.3 Å². The van der Waals surface area contributed by atoms with E-state index < -0.39 is 10.0 Å². The van der Waals surface area contributed by atoms with E-state index in [1.165, 1.54) is 12.1 Å². The molecule has 2 aliphatic rings. The molecule has 3 heterocycles. The smallest absolute Gasteiger partial charge is 0.219 e. The normalized spacial score (nSPS) is 19.9. The van der Waals surface area contributed by atoms with E-state index in [0.717, 1.165) is 29.8 Å². The minimum Gasteiger partial charge on any atom is -0.257 e. The fourth-order valence-corrected chi connectivity index (χ4v) is 5.64. The number of piperidine rings is 1. The van der Waals surface area contributed by atoms with Gasteiger partial charge in [0.25, 0.3) is 0 Å². The van der Waals surface area contributed by atoms with Crippen LogP contribution in [-0.2, 0) is 16.4 Å². The fourth-order valence-electron chi connectivity index (χ4n) is 3.91. The van der Waals surface area contributed by atoms with Crippen LogP contribution in [-0.4, -0.2) is 49.1 Å². The van der Waals surface area contributed by atoms with Gasteiger partial charge in [0.1, 0.15) is 11.1 Å². The molecular weight excluding hydrogens is 379 g/mol. The first-order valence-electron chi connectivity index (χ1n) is 9.67. The van der Waals surface area contributed by atoms with E-state index in [2.05, 4.69) is 10.9 Å². The zero-order valence-corrected chi connectivity index (χ0v) is 16.5. The Morgan fingerprint density at radius 2 is 1.71 bits per heavy atom. The van der Waals surface area contributed by atoms with Crippen molar-refractivity contribution in [1.82, 2.24) is 20.1 Å². The summed E-state index contributed by atoms with van der Waals surface area (Å²) in [6, 6.07) is 12.5. The van der Waals surface area contributed by atoms with E-state index in [4.69, 9.17) is 4.98 Å². The van der Waals surface area contributed by atoms with Gasteiger partial charge in [-0.3, -0.25) is 15.8 Å². The first kappa shape index (κ1) is 19.4. The second-order valence-electron chi connectivity index (χ2n) is 7.46. The number of sulfonamides is 1. The van der Waals surface area contributed by atoms with Crippen LogP contribution < -0.4 is 10.9 Å². The predicted molar refractivity (Wildman–Crippen MR) is 106 cm³/mol. The number of benzene rings is 1. The summed E-state index contributed by atoms with van der Waals surface area (Å²) in [6.45, 7) is 1.98. The SMILES string of the molecule is O=S(=O)(C1CNNC1)N1CCC(c2cccc(Cc3ccc(F)cc3)n2)CC1. The summed E-state index contributed by atoms with van der Waals surface area (Å²) in [5.74, 6) is 0.0239. The van der Waals surface area contributed by atoms with E-state index >= 15 is 0 Å². The van der Waals surface area contributed by atoms with Crippen molar-refractivity contribution in [3.8, 4) is 0 Å². The van der Waals surface area contributed by atoms with Gasteiger partial charge in [0.05, 0.1) is 0 Å². The molecule has 8 heteroatoms. The highest BCUT2D eigenvalue weighted by Gasteiger charge is 2.36. The number of aromatic nitrogens is 1. The Morgan fingerprint density at radius 1 is 1.04 bits per heavy atom. The minimum atomic E-state index is -3.26. The lowest BCUT2D eigenvalue weighted by Gasteiger charge is -2.32. The van der Waals surface area contributed by atoms with Crippen molar-refractivity contribution < 1.29 is 12.8 Å². The molecular formula is C20H25FN4O2S. The minimum absolute atomic E-state index is 0.240. The molecule has 2 aliphatic heterocycles. The van der Waals surface area contributed by atoms with Crippen molar-refractivity contribution in [2.24, 2.45) is 0 Å². The van der Waals surface area contributed by atoms with Gasteiger partial charge in [-0.2, -0.15) is 0 Å². The quantitative estimate of drug-likeness (QED) is 0.795. The van der Waals surface area contributed by atoms with Crippen LogP contribution in [0.15, 0.2) is 42.5 Å². The molecule has 1 aromatic heterocycles. The van der Waals surface area contributed by atoms with E-state index in [1.54, 1.807) is 16.4 Å². The summed E-state index contributed by atoms with van der Waals surface area (Å²) >= 11 is 0. The number of rotatable bonds is 5. The van der Waals surface area contributed by atoms with Gasteiger partial charge < -0.3 is 0 Å². The largest absolute Gasteiger partial charge is 0.257 e. The summed E-state index contributed by atoms with van der Waals surface area (Å²) in [4.78, 5) is 4.80. The van der Waals surface area contributed by atoms with Crippen LogP contribution >= 0.6 is 0 Å². The molecule has 0 unspecified atom stereocenters. The van der Waals surface area contributed by atoms with Gasteiger partial charge in [0, 0.05) is 49.9 Å². The maximum Gasteiger partial charge on any atom is 0.219 e. The van der Waals surface area contributed by atoms with Gasteiger partial charge in [0.15, 0.2) is 0 Å². The van der Waals surface area contributed by atoms with Crippen molar-refractivity contribution >= 4 is 10.0 Å². The van der Waals surface area contributed by atoms with Crippen molar-refractivity contribution in [1.29, 1.82) is 0 Å². The van der Waals surface area contributed by atoms with Crippen LogP contribution in [0.1, 0.15) is 35.7 Å². The van der Waals surface area contributed by atoms with E-state index in [0.29, 0.717) is 32.6 Å². The molecule has 0 radical (unpaired) electrons. The number of hydrazine groups is 1. The third-order valence-corrected chi connectivity index (χ3v) is 7.83. The third kappa shape index (κ3) is 4.25. The van der Waals surface area contributed by atoms with Crippen LogP contribution in [0.2, 0.25) is 0 Å². The molecule has 2 saturated heterocycles. The van der Waals surface area contributed by atoms with E-state index in [9.17, 15) is 12.8 Å². The lowest BCUT2D eigenvalue weighted by atomic mass is 9.94. The highest BCUT2D eigenvalue weighted by molar-refractivity contribution is 7.89. The van der Waals surface area contributed by atoms with Crippen LogP contribution in [0.3, 0.4) is 0 Å². The number of nitrogens with one attached hydrogen (secondary N) is 2. The van der Waals surface area contributed by atoms with Gasteiger partial charge in [-0.15, -0.1) is 0 Å². The Hall–Kier alpha value is -1.87. The molecule has 2 fully saturated rings. The zero-order chi connectivity index (χ0) is 19.6. The molecule has 0 atom stereocenters. The monoisotopic (exact) mass is 404 g/mol. The second-order valence-corrected chi connectivity index (χ2v) is 9.67. The van der Waals surface area contributed by atoms with Gasteiger partial charge >= 0.3 is 0 Å². The van der Waals surface area contributed by atoms with Crippen LogP contribution in [0.25, 0.3) is 0 Å². The van der Waals surface area contributed by atoms with E-state index in [1.807, 2.05) is 18.2 Å². The lowest BCUT2D eigenvalue weighted by Crippen LogP contribution is -2.44. The van der Waals surface area contributed by atoms with E-state index in [-0.39, 0.29) is 17.0 Å². The molecule has 0 aliphatic carbocycles. The van der Waals surface area contributed by atoms with Crippen LogP contribution in [0.5, 0.6) is 0 Å². The summed E-state index contributed by atoms with van der Waals surface area (Å²) in [5, 5.41) is -0.388. The Balaban J connectivity index is 1.40. The molecule has 0 amide bonds. The Labute approximate surface area is 165 Å². The number of halogens is 1. The number of pyridine rings is 1. The first-order valence-corrected chi connectivity index (χ1v) is 11.2. The molecule has 1 aromatic carbocycles. The van der Waals surface area contributed by atoms with Crippen molar-refractivity contribution in [2.75, 3.05) is 26.2 Å². The molecule has 6 nitrogen and oxygen atoms in total. The number of hydrogen-bond acceptors (Lipinski definition) is 5. The van der Waals surface area contributed by atoms with Crippen molar-refractivity contribution in [3.63, 3.8) is 0 Å². The maximum atomic E-state index is 13.1. The van der Waals surface area contributed by atoms with Gasteiger partial charge in [0.2, 0.25) is 10.0 Å². The highest BCUT2D eigenvalue weighted by atomic mass is 32.2. The molecule has 28 heavy (non-hydrogen) atoms. The molecule has 0 saturated carbocycles. The predicted octanol–water partition coefficient (Wildman–Crippen LogP) is 1.80. The number of nitrogens with zero attached hydrogens (tertiary/aromatic N) is 2. The van der Waals surface area contributed by atoms with Crippen molar-refractivity contribution in [2.45, 2.75) is 30.4 Å². The molecule has 150 valence electrons. The zero-order valence-electron chi connectivity index (χ0n) is 15.6. The molecule has 2 N–H and O–H groups in total. The Kier molecular flexibility index (Phi) is 5.73. The highest BCUT2D eigenvalue weighted by Crippen LogP contribution is 2.29. The number of hydrogen-bond donors (Lipinski definition) is 2. The molecule has 2 aromatic rings. The average molecular weight is 405 g/mol. The summed E-state index contributed by atoms with van der Waals surface area (Å²) in [5.41, 5.74) is 8.77. The average Bonchev–Trinajstić information content (AvgIpc) is 3.26. The third-order valence-electron chi connectivity index (χ3n) is 5.56. The first-order chi connectivity index (χ1) is 13.5. The summed E-state index contributed by atoms with van der Waals surface area (Å²) < 4.78 is 40.1. The fraction of sp³-hybridized carbons (Fsp3) is 0.450. The summed E-state index contributed by atoms with van der Waals surface area (Å²) in [7, 11) is -3.26. The van der Waals surface area contributed by atoms with Crippen LogP contribution in [0, 0.1) is 5.82 Å². The van der Waals surface area contributed by atoms with Gasteiger partial charge in [-0.05, 0) is 42.7 Å². The Morgan fingerprint density at radius 3 is 2.39 bits per heavy atom. The van der Waals surface area contributed by atoms with Crippen LogP contribution in [0.4, 0.5) is 4.39 Å². The van der Waals surface area contributed by atoms with Gasteiger partial charge in [-0.25, -0.2) is 17.1 Å². The molecule has 0 spiro atoms. The van der Waals surface area contributed by atoms with Gasteiger partial charge in [-0.1, -0.05) is 18.2 Å². The Bertz CT molecular complexity index is 906. The standard InChI is InChI=1S/C20H25FN4O2S/c21-17-6-4-15(5-7-17)12-18-2-1-3-20(24-18)16-8-10-25(11-9-16)28(26,27)19-13-22-23-14-19/h1-7,16,19,22-23H,8-14H2.